The predicted molar refractivity (Wildman–Crippen MR) is 267 cm³/mol. The highest BCUT2D eigenvalue weighted by atomic mass is 32.2. The molecule has 1 aromatic heterocycles. The Balaban J connectivity index is 1.17. The van der Waals surface area contributed by atoms with Crippen molar-refractivity contribution >= 4 is 79.3 Å². The van der Waals surface area contributed by atoms with Gasteiger partial charge in [-0.1, -0.05) is 180 Å². The molecule has 6 rings (SSSR count). The standard InChI is InChI=1S/C53H62BN3S2/c1-5-7-9-11-12-13-15-21-35-58-47-32-28-43(29-33-47)41(4)37-50-45(39-55-57-53-56-51-24-18-19-25-52(51)59-53)38-44(48-22-16-17-23-49(48)50)36-40(3)42-26-30-46(31-27-42)54-34-20-14-10-8-6-2/h5,16-19,22-33,38-39,54H,1,3-4,6-15,20-21,34-37H2,2H3,(H,56,57)/b55-39+. The number of nitrogens with one attached hydrogen (secondary N) is 1. The van der Waals surface area contributed by atoms with Gasteiger partial charge in [-0.2, -0.15) is 5.10 Å². The van der Waals surface area contributed by atoms with Crippen molar-refractivity contribution in [3.63, 3.8) is 0 Å². The normalized spacial score (nSPS) is 11.4. The number of rotatable bonds is 26. The van der Waals surface area contributed by atoms with Gasteiger partial charge < -0.3 is 0 Å². The summed E-state index contributed by atoms with van der Waals surface area (Å²) in [6, 6.07) is 37.4. The molecule has 0 amide bonds. The largest absolute Gasteiger partial charge is 0.253 e. The molecule has 3 nitrogen and oxygen atoms in total. The number of fused-ring (bicyclic) bond motifs is 2. The lowest BCUT2D eigenvalue weighted by Gasteiger charge is -2.17. The number of hydrogen-bond acceptors (Lipinski definition) is 5. The molecule has 6 heteroatoms. The zero-order chi connectivity index (χ0) is 41.1. The van der Waals surface area contributed by atoms with E-state index in [0.717, 1.165) is 57.9 Å². The van der Waals surface area contributed by atoms with E-state index in [0.29, 0.717) is 6.42 Å². The van der Waals surface area contributed by atoms with Crippen molar-refractivity contribution in [2.75, 3.05) is 11.2 Å². The van der Waals surface area contributed by atoms with Crippen LogP contribution in [-0.2, 0) is 12.8 Å². The Kier molecular flexibility index (Phi) is 17.7. The molecule has 0 saturated heterocycles. The third kappa shape index (κ3) is 13.4. The summed E-state index contributed by atoms with van der Waals surface area (Å²) in [6.07, 6.45) is 22.4. The smallest absolute Gasteiger partial charge is 0.204 e. The highest BCUT2D eigenvalue weighted by Crippen LogP contribution is 2.33. The number of allylic oxidation sites excluding steroid dienone is 3. The number of benzene rings is 5. The number of aromatic nitrogens is 1. The van der Waals surface area contributed by atoms with Crippen LogP contribution in [0.1, 0.15) is 112 Å². The van der Waals surface area contributed by atoms with E-state index in [1.165, 1.54) is 120 Å². The first kappa shape index (κ1) is 43.9. The first-order chi connectivity index (χ1) is 29.0. The summed E-state index contributed by atoms with van der Waals surface area (Å²) in [5.41, 5.74) is 13.7. The molecule has 1 N–H and O–H groups in total. The molecular formula is C53H62BN3S2. The molecule has 304 valence electrons. The van der Waals surface area contributed by atoms with Gasteiger partial charge in [0, 0.05) is 4.90 Å². The minimum absolute atomic E-state index is 0.712. The van der Waals surface area contributed by atoms with Crippen LogP contribution in [0.3, 0.4) is 0 Å². The molecule has 0 aliphatic heterocycles. The van der Waals surface area contributed by atoms with Crippen LogP contribution >= 0.6 is 23.1 Å². The Morgan fingerprint density at radius 2 is 1.41 bits per heavy atom. The van der Waals surface area contributed by atoms with Crippen LogP contribution in [0.2, 0.25) is 6.32 Å². The van der Waals surface area contributed by atoms with Crippen LogP contribution in [-0.4, -0.2) is 24.2 Å². The van der Waals surface area contributed by atoms with Gasteiger partial charge in [-0.15, -0.1) is 18.3 Å². The lowest BCUT2D eigenvalue weighted by Crippen LogP contribution is -2.13. The summed E-state index contributed by atoms with van der Waals surface area (Å²) < 4.78 is 1.14. The molecule has 0 spiro atoms. The van der Waals surface area contributed by atoms with Crippen molar-refractivity contribution in [1.82, 2.24) is 4.98 Å². The van der Waals surface area contributed by atoms with Gasteiger partial charge in [0.2, 0.25) is 5.13 Å². The Morgan fingerprint density at radius 3 is 2.17 bits per heavy atom. The van der Waals surface area contributed by atoms with E-state index in [4.69, 9.17) is 10.1 Å². The number of thioether (sulfide) groups is 1. The first-order valence-corrected chi connectivity index (χ1v) is 23.8. The monoisotopic (exact) mass is 815 g/mol. The number of unbranched alkanes of at least 4 members (excludes halogenated alkanes) is 10. The van der Waals surface area contributed by atoms with Crippen molar-refractivity contribution in [2.24, 2.45) is 5.10 Å². The lowest BCUT2D eigenvalue weighted by atomic mass is 9.66. The van der Waals surface area contributed by atoms with E-state index in [-0.39, 0.29) is 0 Å². The Labute approximate surface area is 363 Å². The molecule has 5 aromatic carbocycles. The number of para-hydroxylation sites is 1. The van der Waals surface area contributed by atoms with Crippen molar-refractivity contribution in [2.45, 2.75) is 108 Å². The number of hydrazone groups is 1. The second-order valence-electron chi connectivity index (χ2n) is 15.9. The van der Waals surface area contributed by atoms with Crippen LogP contribution in [0.4, 0.5) is 5.13 Å². The van der Waals surface area contributed by atoms with E-state index < -0.39 is 0 Å². The number of hydrogen-bond donors (Lipinski definition) is 1. The van der Waals surface area contributed by atoms with Crippen molar-refractivity contribution in [1.29, 1.82) is 0 Å². The van der Waals surface area contributed by atoms with Gasteiger partial charge in [0.05, 0.1) is 16.4 Å². The molecule has 0 aliphatic rings. The van der Waals surface area contributed by atoms with Gasteiger partial charge in [-0.05, 0) is 118 Å². The summed E-state index contributed by atoms with van der Waals surface area (Å²) >= 11 is 3.57. The number of nitrogens with zero attached hydrogens (tertiary/aromatic N) is 2. The quantitative estimate of drug-likeness (QED) is 0.0148. The van der Waals surface area contributed by atoms with Crippen molar-refractivity contribution in [3.8, 4) is 0 Å². The molecular weight excluding hydrogens is 754 g/mol. The van der Waals surface area contributed by atoms with Gasteiger partial charge in [-0.25, -0.2) is 4.98 Å². The van der Waals surface area contributed by atoms with Crippen LogP contribution in [0.25, 0.3) is 32.1 Å². The highest BCUT2D eigenvalue weighted by Gasteiger charge is 2.15. The van der Waals surface area contributed by atoms with Gasteiger partial charge in [0.15, 0.2) is 7.28 Å². The average Bonchev–Trinajstić information content (AvgIpc) is 3.69. The third-order valence-electron chi connectivity index (χ3n) is 11.2. The summed E-state index contributed by atoms with van der Waals surface area (Å²) in [6.45, 7) is 15.3. The first-order valence-electron chi connectivity index (χ1n) is 22.0. The fourth-order valence-electron chi connectivity index (χ4n) is 7.81. The van der Waals surface area contributed by atoms with Crippen LogP contribution in [0, 0.1) is 0 Å². The Morgan fingerprint density at radius 1 is 0.746 bits per heavy atom. The maximum absolute atomic E-state index is 4.78. The molecule has 0 fully saturated rings. The molecule has 59 heavy (non-hydrogen) atoms. The molecule has 0 saturated carbocycles. The second kappa shape index (κ2) is 23.8. The van der Waals surface area contributed by atoms with Crippen LogP contribution in [0.5, 0.6) is 0 Å². The minimum atomic E-state index is 0.712. The molecule has 0 bridgehead atoms. The Bertz CT molecular complexity index is 2250. The van der Waals surface area contributed by atoms with Crippen LogP contribution in [0.15, 0.2) is 139 Å². The number of anilines is 1. The van der Waals surface area contributed by atoms with E-state index in [2.05, 4.69) is 117 Å². The molecule has 0 atom stereocenters. The van der Waals surface area contributed by atoms with Crippen molar-refractivity contribution in [3.05, 3.63) is 157 Å². The van der Waals surface area contributed by atoms with E-state index in [1.54, 1.807) is 11.3 Å². The lowest BCUT2D eigenvalue weighted by molar-refractivity contribution is 0.613. The second-order valence-corrected chi connectivity index (χ2v) is 18.1. The molecule has 0 unspecified atom stereocenters. The van der Waals surface area contributed by atoms with Crippen LogP contribution < -0.4 is 10.9 Å². The topological polar surface area (TPSA) is 37.3 Å². The van der Waals surface area contributed by atoms with E-state index >= 15 is 0 Å². The fourth-order valence-corrected chi connectivity index (χ4v) is 9.54. The van der Waals surface area contributed by atoms with Gasteiger partial charge >= 0.3 is 0 Å². The van der Waals surface area contributed by atoms with Crippen molar-refractivity contribution < 1.29 is 0 Å². The molecule has 0 radical (unpaired) electrons. The van der Waals surface area contributed by atoms with E-state index in [1.807, 2.05) is 42.3 Å². The summed E-state index contributed by atoms with van der Waals surface area (Å²) in [5.74, 6) is 1.16. The molecule has 0 aliphatic carbocycles. The Hall–Kier alpha value is -4.65. The average molecular weight is 816 g/mol. The maximum Gasteiger partial charge on any atom is 0.204 e. The summed E-state index contributed by atoms with van der Waals surface area (Å²) in [4.78, 5) is 6.07. The minimum Gasteiger partial charge on any atom is -0.253 e. The SMILES string of the molecule is C=CCCCCCCCCSc1ccc(C(=C)Cc2c(/C=N/Nc3nc4ccccc4s3)cc(CC(=C)c3ccc(BCCCCCCC)cc3)c3ccccc23)cc1. The summed E-state index contributed by atoms with van der Waals surface area (Å²) in [7, 11) is 1.14. The van der Waals surface area contributed by atoms with Gasteiger partial charge in [-0.3, -0.25) is 5.43 Å². The van der Waals surface area contributed by atoms with E-state index in [9.17, 15) is 0 Å². The molecule has 6 aromatic rings. The third-order valence-corrected chi connectivity index (χ3v) is 13.3. The summed E-state index contributed by atoms with van der Waals surface area (Å²) in [5, 5.41) is 8.03. The van der Waals surface area contributed by atoms with Gasteiger partial charge in [0.1, 0.15) is 0 Å². The number of thiazole rings is 1. The molecule has 1 heterocycles. The van der Waals surface area contributed by atoms with Gasteiger partial charge in [0.25, 0.3) is 0 Å². The zero-order valence-corrected chi connectivity index (χ0v) is 37.0. The fraction of sp³-hybridized carbons (Fsp3) is 0.321. The maximum atomic E-state index is 4.78. The highest BCUT2D eigenvalue weighted by molar-refractivity contribution is 7.99. The predicted octanol–water partition coefficient (Wildman–Crippen LogP) is 14.9. The zero-order valence-electron chi connectivity index (χ0n) is 35.3.